The lowest BCUT2D eigenvalue weighted by Crippen LogP contribution is -2.01. The van der Waals surface area contributed by atoms with E-state index in [1.807, 2.05) is 13.8 Å². The summed E-state index contributed by atoms with van der Waals surface area (Å²) in [5, 5.41) is 0. The lowest BCUT2D eigenvalue weighted by atomic mass is 10.1. The molecule has 0 aromatic heterocycles. The lowest BCUT2D eigenvalue weighted by molar-refractivity contribution is 0.101. The summed E-state index contributed by atoms with van der Waals surface area (Å²) >= 11 is 0. The topological polar surface area (TPSA) is 35.5 Å². The number of benzene rings is 1. The van der Waals surface area contributed by atoms with Crippen LogP contribution in [0, 0.1) is 0 Å². The highest BCUT2D eigenvalue weighted by Gasteiger charge is 2.09. The molecule has 0 saturated heterocycles. The van der Waals surface area contributed by atoms with Crippen LogP contribution in [-0.4, -0.2) is 19.0 Å². The highest BCUT2D eigenvalue weighted by Crippen LogP contribution is 2.25. The summed E-state index contributed by atoms with van der Waals surface area (Å²) in [7, 11) is 0. The summed E-state index contributed by atoms with van der Waals surface area (Å²) in [4.78, 5) is 11.3. The molecule has 0 amide bonds. The number of carbonyl (C=O) groups is 1. The fourth-order valence-electron chi connectivity index (χ4n) is 1.32. The van der Waals surface area contributed by atoms with Crippen LogP contribution < -0.4 is 9.47 Å². The Bertz CT molecular complexity index is 345. The van der Waals surface area contributed by atoms with E-state index in [-0.39, 0.29) is 5.78 Å². The van der Waals surface area contributed by atoms with Crippen molar-refractivity contribution in [2.24, 2.45) is 0 Å². The molecule has 0 fully saturated rings. The minimum Gasteiger partial charge on any atom is -0.494 e. The van der Waals surface area contributed by atoms with Crippen molar-refractivity contribution in [3.8, 4) is 11.5 Å². The number of rotatable bonds is 5. The van der Waals surface area contributed by atoms with Crippen LogP contribution >= 0.6 is 0 Å². The number of hydrogen-bond donors (Lipinski definition) is 0. The first-order valence-corrected chi connectivity index (χ1v) is 5.09. The van der Waals surface area contributed by atoms with E-state index in [1.54, 1.807) is 18.2 Å². The van der Waals surface area contributed by atoms with Gasteiger partial charge in [-0.3, -0.25) is 4.79 Å². The maximum Gasteiger partial charge on any atom is 0.163 e. The molecule has 15 heavy (non-hydrogen) atoms. The van der Waals surface area contributed by atoms with Gasteiger partial charge < -0.3 is 9.47 Å². The van der Waals surface area contributed by atoms with Crippen LogP contribution in [-0.2, 0) is 0 Å². The minimum absolute atomic E-state index is 0.00139. The maximum atomic E-state index is 11.3. The van der Waals surface area contributed by atoms with E-state index in [0.717, 1.165) is 5.75 Å². The molecule has 0 aliphatic rings. The molecule has 0 unspecified atom stereocenters. The Morgan fingerprint density at radius 3 is 2.40 bits per heavy atom. The van der Waals surface area contributed by atoms with E-state index >= 15 is 0 Å². The number of carbonyl (C=O) groups excluding carboxylic acids is 1. The molecule has 0 bridgehead atoms. The summed E-state index contributed by atoms with van der Waals surface area (Å²) < 4.78 is 10.7. The van der Waals surface area contributed by atoms with E-state index in [0.29, 0.717) is 24.5 Å². The third-order valence-corrected chi connectivity index (χ3v) is 1.94. The van der Waals surface area contributed by atoms with Crippen molar-refractivity contribution in [2.75, 3.05) is 13.2 Å². The third kappa shape index (κ3) is 2.98. The fourth-order valence-corrected chi connectivity index (χ4v) is 1.32. The second kappa shape index (κ2) is 5.39. The maximum absolute atomic E-state index is 11.3. The lowest BCUT2D eigenvalue weighted by Gasteiger charge is -2.10. The zero-order chi connectivity index (χ0) is 11.3. The molecule has 3 nitrogen and oxygen atoms in total. The molecule has 0 aliphatic carbocycles. The summed E-state index contributed by atoms with van der Waals surface area (Å²) in [6, 6.07) is 5.27. The zero-order valence-electron chi connectivity index (χ0n) is 9.37. The zero-order valence-corrected chi connectivity index (χ0v) is 9.37. The van der Waals surface area contributed by atoms with Gasteiger partial charge in [0, 0.05) is 6.07 Å². The van der Waals surface area contributed by atoms with Crippen molar-refractivity contribution in [1.82, 2.24) is 0 Å². The van der Waals surface area contributed by atoms with Crippen LogP contribution in [0.5, 0.6) is 11.5 Å². The number of ketones is 1. The minimum atomic E-state index is 0.00139. The van der Waals surface area contributed by atoms with Crippen LogP contribution in [0.3, 0.4) is 0 Å². The van der Waals surface area contributed by atoms with Crippen LogP contribution in [0.2, 0.25) is 0 Å². The molecule has 0 heterocycles. The fraction of sp³-hybridized carbons (Fsp3) is 0.417. The van der Waals surface area contributed by atoms with Crippen LogP contribution in [0.1, 0.15) is 31.1 Å². The molecule has 82 valence electrons. The van der Waals surface area contributed by atoms with Crippen molar-refractivity contribution in [2.45, 2.75) is 20.8 Å². The average molecular weight is 208 g/mol. The second-order valence-corrected chi connectivity index (χ2v) is 3.08. The van der Waals surface area contributed by atoms with Crippen molar-refractivity contribution < 1.29 is 14.3 Å². The smallest absolute Gasteiger partial charge is 0.163 e. The van der Waals surface area contributed by atoms with Gasteiger partial charge in [0.1, 0.15) is 11.5 Å². The molecule has 0 atom stereocenters. The first-order chi connectivity index (χ1) is 7.19. The van der Waals surface area contributed by atoms with Gasteiger partial charge in [0.2, 0.25) is 0 Å². The van der Waals surface area contributed by atoms with Gasteiger partial charge in [0.05, 0.1) is 18.8 Å². The van der Waals surface area contributed by atoms with Gasteiger partial charge in [-0.25, -0.2) is 0 Å². The van der Waals surface area contributed by atoms with E-state index in [2.05, 4.69) is 0 Å². The predicted molar refractivity (Wildman–Crippen MR) is 58.8 cm³/mol. The Morgan fingerprint density at radius 2 is 1.87 bits per heavy atom. The van der Waals surface area contributed by atoms with E-state index in [9.17, 15) is 4.79 Å². The molecule has 1 aromatic rings. The van der Waals surface area contributed by atoms with E-state index in [1.165, 1.54) is 6.92 Å². The Labute approximate surface area is 90.0 Å². The molecule has 0 spiro atoms. The first kappa shape index (κ1) is 11.6. The van der Waals surface area contributed by atoms with Gasteiger partial charge in [-0.05, 0) is 32.9 Å². The van der Waals surface area contributed by atoms with Crippen molar-refractivity contribution in [3.05, 3.63) is 23.8 Å². The predicted octanol–water partition coefficient (Wildman–Crippen LogP) is 2.69. The van der Waals surface area contributed by atoms with E-state index < -0.39 is 0 Å². The van der Waals surface area contributed by atoms with Gasteiger partial charge in [-0.2, -0.15) is 0 Å². The largest absolute Gasteiger partial charge is 0.494 e. The van der Waals surface area contributed by atoms with Crippen molar-refractivity contribution in [1.29, 1.82) is 0 Å². The molecule has 0 N–H and O–H groups in total. The molecule has 1 rings (SSSR count). The molecule has 3 heteroatoms. The van der Waals surface area contributed by atoms with Crippen LogP contribution in [0.15, 0.2) is 18.2 Å². The van der Waals surface area contributed by atoms with Crippen molar-refractivity contribution in [3.63, 3.8) is 0 Å². The summed E-state index contributed by atoms with van der Waals surface area (Å²) in [6.07, 6.45) is 0. The number of hydrogen-bond acceptors (Lipinski definition) is 3. The Hall–Kier alpha value is -1.51. The summed E-state index contributed by atoms with van der Waals surface area (Å²) in [5.74, 6) is 1.32. The molecule has 1 aromatic carbocycles. The van der Waals surface area contributed by atoms with Crippen molar-refractivity contribution >= 4 is 5.78 Å². The second-order valence-electron chi connectivity index (χ2n) is 3.08. The first-order valence-electron chi connectivity index (χ1n) is 5.09. The molecule has 0 aliphatic heterocycles. The van der Waals surface area contributed by atoms with Gasteiger partial charge in [0.15, 0.2) is 5.78 Å². The molecular formula is C12H16O3. The third-order valence-electron chi connectivity index (χ3n) is 1.94. The highest BCUT2D eigenvalue weighted by molar-refractivity contribution is 5.97. The number of Topliss-reactive ketones (excluding diaryl/α,β-unsaturated/α-hetero) is 1. The summed E-state index contributed by atoms with van der Waals surface area (Å²) in [6.45, 7) is 6.47. The number of ether oxygens (including phenoxy) is 2. The van der Waals surface area contributed by atoms with Gasteiger partial charge in [-0.15, -0.1) is 0 Å². The van der Waals surface area contributed by atoms with Crippen LogP contribution in [0.4, 0.5) is 0 Å². The SMILES string of the molecule is CCOc1ccc(C(C)=O)c(OCC)c1. The molecule has 0 saturated carbocycles. The summed E-state index contributed by atoms with van der Waals surface area (Å²) in [5.41, 5.74) is 0.598. The van der Waals surface area contributed by atoms with Crippen LogP contribution in [0.25, 0.3) is 0 Å². The average Bonchev–Trinajstić information content (AvgIpc) is 2.18. The monoisotopic (exact) mass is 208 g/mol. The molecule has 0 radical (unpaired) electrons. The quantitative estimate of drug-likeness (QED) is 0.698. The highest BCUT2D eigenvalue weighted by atomic mass is 16.5. The normalized spacial score (nSPS) is 9.80. The van der Waals surface area contributed by atoms with Gasteiger partial charge in [0.25, 0.3) is 0 Å². The van der Waals surface area contributed by atoms with Gasteiger partial charge >= 0.3 is 0 Å². The standard InChI is InChI=1S/C12H16O3/c1-4-14-10-6-7-11(9(3)13)12(8-10)15-5-2/h6-8H,4-5H2,1-3H3. The van der Waals surface area contributed by atoms with E-state index in [4.69, 9.17) is 9.47 Å². The Balaban J connectivity index is 3.03. The van der Waals surface area contributed by atoms with Gasteiger partial charge in [-0.1, -0.05) is 0 Å². The Morgan fingerprint density at radius 1 is 1.20 bits per heavy atom. The molecular weight excluding hydrogens is 192 g/mol. The Kier molecular flexibility index (Phi) is 4.16.